The van der Waals surface area contributed by atoms with Crippen LogP contribution in [0.2, 0.25) is 0 Å². The third-order valence-corrected chi connectivity index (χ3v) is 3.42. The molecule has 1 aliphatic rings. The van der Waals surface area contributed by atoms with Gasteiger partial charge in [-0.3, -0.25) is 0 Å². The summed E-state index contributed by atoms with van der Waals surface area (Å²) in [5.74, 6) is -1.81. The van der Waals surface area contributed by atoms with Crippen molar-refractivity contribution in [2.75, 3.05) is 0 Å². The van der Waals surface area contributed by atoms with Crippen LogP contribution in [0.15, 0.2) is 30.3 Å². The van der Waals surface area contributed by atoms with Gasteiger partial charge in [0, 0.05) is 0 Å². The van der Waals surface area contributed by atoms with E-state index in [2.05, 4.69) is 0 Å². The number of fused-ring (bicyclic) bond motifs is 1. The number of hydrogen-bond acceptors (Lipinski definition) is 2. The molecule has 2 aromatic rings. The lowest BCUT2D eigenvalue weighted by atomic mass is 10.1. The normalized spacial score (nSPS) is 12.8. The van der Waals surface area contributed by atoms with Gasteiger partial charge < -0.3 is 4.74 Å². The van der Waals surface area contributed by atoms with Crippen LogP contribution in [0.4, 0.5) is 8.78 Å². The number of halogens is 2. The van der Waals surface area contributed by atoms with Crippen LogP contribution in [-0.4, -0.2) is 0 Å². The SMILES string of the molecule is N#Cc1cc(F)c(Oc2ccc3c(c2)CCC3)c(F)c1. The summed E-state index contributed by atoms with van der Waals surface area (Å²) in [7, 11) is 0. The molecule has 1 aliphatic carbocycles. The summed E-state index contributed by atoms with van der Waals surface area (Å²) in [5, 5.41) is 8.65. The second-order valence-corrected chi connectivity index (χ2v) is 4.77. The van der Waals surface area contributed by atoms with Crippen LogP contribution in [0, 0.1) is 23.0 Å². The van der Waals surface area contributed by atoms with Gasteiger partial charge in [-0.1, -0.05) is 6.07 Å². The molecular weight excluding hydrogens is 260 g/mol. The van der Waals surface area contributed by atoms with Gasteiger partial charge in [-0.25, -0.2) is 8.78 Å². The Balaban J connectivity index is 1.94. The maximum absolute atomic E-state index is 13.7. The monoisotopic (exact) mass is 271 g/mol. The van der Waals surface area contributed by atoms with Gasteiger partial charge in [0.2, 0.25) is 0 Å². The Morgan fingerprint density at radius 2 is 1.70 bits per heavy atom. The van der Waals surface area contributed by atoms with E-state index in [1.807, 2.05) is 12.1 Å². The Hall–Kier alpha value is -2.41. The fourth-order valence-corrected chi connectivity index (χ4v) is 2.45. The van der Waals surface area contributed by atoms with E-state index in [0.29, 0.717) is 5.75 Å². The molecule has 0 N–H and O–H groups in total. The summed E-state index contributed by atoms with van der Waals surface area (Å²) in [4.78, 5) is 0. The van der Waals surface area contributed by atoms with Crippen LogP contribution in [0.1, 0.15) is 23.1 Å². The minimum absolute atomic E-state index is 0.0682. The van der Waals surface area contributed by atoms with Gasteiger partial charge in [-0.15, -0.1) is 0 Å². The van der Waals surface area contributed by atoms with Crippen LogP contribution < -0.4 is 4.74 Å². The number of nitriles is 1. The molecule has 3 rings (SSSR count). The third kappa shape index (κ3) is 2.23. The molecule has 0 saturated heterocycles. The molecule has 100 valence electrons. The number of rotatable bonds is 2. The molecule has 0 aromatic heterocycles. The first-order valence-electron chi connectivity index (χ1n) is 6.36. The van der Waals surface area contributed by atoms with Crippen LogP contribution in [0.5, 0.6) is 11.5 Å². The highest BCUT2D eigenvalue weighted by Crippen LogP contribution is 2.32. The van der Waals surface area contributed by atoms with Crippen LogP contribution in [0.3, 0.4) is 0 Å². The van der Waals surface area contributed by atoms with Gasteiger partial charge in [0.1, 0.15) is 5.75 Å². The molecule has 20 heavy (non-hydrogen) atoms. The average Bonchev–Trinajstić information content (AvgIpc) is 2.90. The maximum atomic E-state index is 13.7. The fraction of sp³-hybridized carbons (Fsp3) is 0.188. The lowest BCUT2D eigenvalue weighted by Crippen LogP contribution is -1.95. The summed E-state index contributed by atoms with van der Waals surface area (Å²) in [6.07, 6.45) is 3.10. The van der Waals surface area contributed by atoms with Crippen molar-refractivity contribution < 1.29 is 13.5 Å². The molecule has 4 heteroatoms. The molecule has 0 unspecified atom stereocenters. The topological polar surface area (TPSA) is 33.0 Å². The van der Waals surface area contributed by atoms with E-state index in [0.717, 1.165) is 37.0 Å². The number of benzene rings is 2. The third-order valence-electron chi connectivity index (χ3n) is 3.42. The van der Waals surface area contributed by atoms with E-state index in [4.69, 9.17) is 10.00 Å². The van der Waals surface area contributed by atoms with E-state index < -0.39 is 17.4 Å². The molecule has 0 heterocycles. The summed E-state index contributed by atoms with van der Waals surface area (Å²) < 4.78 is 32.8. The van der Waals surface area contributed by atoms with Crippen LogP contribution >= 0.6 is 0 Å². The molecule has 2 nitrogen and oxygen atoms in total. The Kier molecular flexibility index (Phi) is 3.11. The first kappa shape index (κ1) is 12.6. The summed E-state index contributed by atoms with van der Waals surface area (Å²) in [6, 6.07) is 9.08. The van der Waals surface area contributed by atoms with Gasteiger partial charge in [0.15, 0.2) is 17.4 Å². The minimum atomic E-state index is -0.873. The van der Waals surface area contributed by atoms with E-state index in [1.54, 1.807) is 12.1 Å². The van der Waals surface area contributed by atoms with Crippen molar-refractivity contribution in [1.82, 2.24) is 0 Å². The molecule has 2 aromatic carbocycles. The smallest absolute Gasteiger partial charge is 0.198 e. The fourth-order valence-electron chi connectivity index (χ4n) is 2.45. The quantitative estimate of drug-likeness (QED) is 0.823. The first-order valence-corrected chi connectivity index (χ1v) is 6.36. The zero-order chi connectivity index (χ0) is 14.1. The Bertz CT molecular complexity index is 696. The van der Waals surface area contributed by atoms with Crippen molar-refractivity contribution in [3.8, 4) is 17.6 Å². The predicted molar refractivity (Wildman–Crippen MR) is 69.6 cm³/mol. The van der Waals surface area contributed by atoms with Gasteiger partial charge in [0.25, 0.3) is 0 Å². The highest BCUT2D eigenvalue weighted by molar-refractivity contribution is 5.43. The molecule has 0 spiro atoms. The average molecular weight is 271 g/mol. The molecule has 0 radical (unpaired) electrons. The van der Waals surface area contributed by atoms with Crippen molar-refractivity contribution >= 4 is 0 Å². The predicted octanol–water partition coefficient (Wildman–Crippen LogP) is 4.12. The van der Waals surface area contributed by atoms with Gasteiger partial charge in [-0.05, 0) is 54.7 Å². The summed E-state index contributed by atoms with van der Waals surface area (Å²) in [6.45, 7) is 0. The second-order valence-electron chi connectivity index (χ2n) is 4.77. The summed E-state index contributed by atoms with van der Waals surface area (Å²) >= 11 is 0. The van der Waals surface area contributed by atoms with Gasteiger partial charge in [-0.2, -0.15) is 5.26 Å². The zero-order valence-electron chi connectivity index (χ0n) is 10.6. The summed E-state index contributed by atoms with van der Waals surface area (Å²) in [5.41, 5.74) is 2.36. The molecule has 0 fully saturated rings. The Labute approximate surface area is 115 Å². The van der Waals surface area contributed by atoms with Crippen molar-refractivity contribution in [2.45, 2.75) is 19.3 Å². The Morgan fingerprint density at radius 3 is 2.40 bits per heavy atom. The molecule has 0 atom stereocenters. The maximum Gasteiger partial charge on any atom is 0.198 e. The molecule has 0 aliphatic heterocycles. The van der Waals surface area contributed by atoms with E-state index in [9.17, 15) is 8.78 Å². The molecule has 0 bridgehead atoms. The molecular formula is C16H11F2NO. The van der Waals surface area contributed by atoms with Crippen molar-refractivity contribution in [1.29, 1.82) is 5.26 Å². The van der Waals surface area contributed by atoms with E-state index in [-0.39, 0.29) is 5.56 Å². The first-order chi connectivity index (χ1) is 9.67. The van der Waals surface area contributed by atoms with Gasteiger partial charge in [0.05, 0.1) is 11.6 Å². The van der Waals surface area contributed by atoms with E-state index >= 15 is 0 Å². The zero-order valence-corrected chi connectivity index (χ0v) is 10.6. The van der Waals surface area contributed by atoms with E-state index in [1.165, 1.54) is 5.56 Å². The highest BCUT2D eigenvalue weighted by Gasteiger charge is 2.16. The van der Waals surface area contributed by atoms with Crippen molar-refractivity contribution in [3.63, 3.8) is 0 Å². The second kappa shape index (κ2) is 4.93. The molecule has 0 saturated carbocycles. The Morgan fingerprint density at radius 1 is 1.00 bits per heavy atom. The number of aryl methyl sites for hydroxylation is 2. The number of nitrogens with zero attached hydrogens (tertiary/aromatic N) is 1. The van der Waals surface area contributed by atoms with Crippen LogP contribution in [-0.2, 0) is 12.8 Å². The van der Waals surface area contributed by atoms with Crippen molar-refractivity contribution in [2.24, 2.45) is 0 Å². The number of ether oxygens (including phenoxy) is 1. The van der Waals surface area contributed by atoms with Crippen LogP contribution in [0.25, 0.3) is 0 Å². The molecule has 0 amide bonds. The highest BCUT2D eigenvalue weighted by atomic mass is 19.1. The van der Waals surface area contributed by atoms with Gasteiger partial charge >= 0.3 is 0 Å². The largest absolute Gasteiger partial charge is 0.451 e. The lowest BCUT2D eigenvalue weighted by molar-refractivity contribution is 0.407. The number of hydrogen-bond donors (Lipinski definition) is 0. The lowest BCUT2D eigenvalue weighted by Gasteiger charge is -2.09. The minimum Gasteiger partial charge on any atom is -0.451 e. The standard InChI is InChI=1S/C16H11F2NO/c17-14-6-10(9-19)7-15(18)16(14)20-13-5-4-11-2-1-3-12(11)8-13/h4-8H,1-3H2. The van der Waals surface area contributed by atoms with Crippen molar-refractivity contribution in [3.05, 3.63) is 58.7 Å².